The van der Waals surface area contributed by atoms with E-state index in [4.69, 9.17) is 4.42 Å². The van der Waals surface area contributed by atoms with E-state index >= 15 is 0 Å². The zero-order chi connectivity index (χ0) is 22.9. The zero-order valence-corrected chi connectivity index (χ0v) is 20.3. The van der Waals surface area contributed by atoms with Crippen LogP contribution in [0.2, 0.25) is 0 Å². The Kier molecular flexibility index (Phi) is 6.20. The van der Waals surface area contributed by atoms with Gasteiger partial charge in [-0.3, -0.25) is 0 Å². The number of thioether (sulfide) groups is 1. The van der Waals surface area contributed by atoms with Crippen molar-refractivity contribution >= 4 is 11.8 Å². The fourth-order valence-electron chi connectivity index (χ4n) is 3.50. The third-order valence-corrected chi connectivity index (χ3v) is 6.45. The molecular weight excluding hydrogens is 418 g/mol. The Hall–Kier alpha value is -2.93. The van der Waals surface area contributed by atoms with Crippen LogP contribution in [-0.2, 0) is 12.0 Å². The lowest BCUT2D eigenvalue weighted by Crippen LogP contribution is -2.10. The van der Waals surface area contributed by atoms with E-state index in [9.17, 15) is 0 Å². The molecule has 0 aliphatic carbocycles. The molecule has 1 unspecified atom stereocenters. The molecule has 2 aromatic carbocycles. The van der Waals surface area contributed by atoms with Gasteiger partial charge in [0.2, 0.25) is 11.8 Å². The van der Waals surface area contributed by atoms with Gasteiger partial charge < -0.3 is 8.98 Å². The minimum absolute atomic E-state index is 0.0494. The fourth-order valence-corrected chi connectivity index (χ4v) is 4.44. The Labute approximate surface area is 193 Å². The Balaban J connectivity index is 1.55. The summed E-state index contributed by atoms with van der Waals surface area (Å²) in [6, 6.07) is 16.7. The van der Waals surface area contributed by atoms with Gasteiger partial charge in [0.05, 0.1) is 5.25 Å². The lowest BCUT2D eigenvalue weighted by molar-refractivity contribution is 0.508. The second kappa shape index (κ2) is 8.90. The highest BCUT2D eigenvalue weighted by Crippen LogP contribution is 2.36. The molecule has 0 amide bonds. The van der Waals surface area contributed by atoms with E-state index in [1.165, 1.54) is 5.56 Å². The third kappa shape index (κ3) is 4.63. The summed E-state index contributed by atoms with van der Waals surface area (Å²) >= 11 is 1.58. The average molecular weight is 448 g/mol. The monoisotopic (exact) mass is 447 g/mol. The summed E-state index contributed by atoms with van der Waals surface area (Å²) in [5.41, 5.74) is 4.57. The quantitative estimate of drug-likeness (QED) is 0.315. The minimum atomic E-state index is -0.0494. The summed E-state index contributed by atoms with van der Waals surface area (Å²) in [7, 11) is 0. The van der Waals surface area contributed by atoms with Crippen LogP contribution in [0, 0.1) is 6.92 Å². The maximum absolute atomic E-state index is 5.97. The molecule has 1 atom stereocenters. The summed E-state index contributed by atoms with van der Waals surface area (Å²) in [6.07, 6.45) is 0. The van der Waals surface area contributed by atoms with Crippen molar-refractivity contribution in [3.63, 3.8) is 0 Å². The van der Waals surface area contributed by atoms with Crippen molar-refractivity contribution < 1.29 is 4.42 Å². The van der Waals surface area contributed by atoms with Crippen LogP contribution in [-0.4, -0.2) is 25.0 Å². The molecule has 6 nitrogen and oxygen atoms in total. The molecule has 0 N–H and O–H groups in total. The van der Waals surface area contributed by atoms with Gasteiger partial charge in [0.25, 0.3) is 0 Å². The summed E-state index contributed by atoms with van der Waals surface area (Å²) in [5.74, 6) is 1.98. The second-order valence-electron chi connectivity index (χ2n) is 8.95. The highest BCUT2D eigenvalue weighted by Gasteiger charge is 2.21. The molecule has 0 spiro atoms. The van der Waals surface area contributed by atoms with Crippen molar-refractivity contribution in [3.8, 4) is 22.8 Å². The van der Waals surface area contributed by atoms with Gasteiger partial charge in [0.15, 0.2) is 11.0 Å². The Morgan fingerprint density at radius 2 is 1.72 bits per heavy atom. The summed E-state index contributed by atoms with van der Waals surface area (Å²) in [4.78, 5) is 0. The van der Waals surface area contributed by atoms with Crippen molar-refractivity contribution in [2.45, 2.75) is 63.9 Å². The maximum atomic E-state index is 5.97. The summed E-state index contributed by atoms with van der Waals surface area (Å²) in [6.45, 7) is 13.6. The molecule has 0 bridgehead atoms. The largest absolute Gasteiger partial charge is 0.419 e. The third-order valence-electron chi connectivity index (χ3n) is 5.38. The van der Waals surface area contributed by atoms with Gasteiger partial charge in [-0.05, 0) is 43.9 Å². The Morgan fingerprint density at radius 1 is 0.969 bits per heavy atom. The van der Waals surface area contributed by atoms with Crippen LogP contribution in [0.4, 0.5) is 0 Å². The number of aromatic nitrogens is 5. The predicted molar refractivity (Wildman–Crippen MR) is 129 cm³/mol. The van der Waals surface area contributed by atoms with Crippen LogP contribution in [0.1, 0.15) is 56.9 Å². The molecule has 0 fully saturated rings. The molecule has 0 radical (unpaired) electrons. The normalized spacial score (nSPS) is 12.8. The van der Waals surface area contributed by atoms with Crippen LogP contribution >= 0.6 is 11.8 Å². The molecule has 166 valence electrons. The molecule has 0 saturated carbocycles. The number of benzene rings is 2. The first kappa shape index (κ1) is 22.3. The lowest BCUT2D eigenvalue weighted by Gasteiger charge is -2.19. The van der Waals surface area contributed by atoms with Gasteiger partial charge in [0.1, 0.15) is 0 Å². The Bertz CT molecular complexity index is 1200. The SMILES string of the molecule is CCn1c(SC(C)c2nnc(-c3cccc(C)c3)o2)nnc1-c1ccc(C(C)(C)C)cc1. The smallest absolute Gasteiger partial charge is 0.247 e. The first-order valence-electron chi connectivity index (χ1n) is 10.9. The first-order chi connectivity index (χ1) is 15.3. The second-order valence-corrected chi connectivity index (χ2v) is 10.3. The van der Waals surface area contributed by atoms with Crippen LogP contribution in [0.3, 0.4) is 0 Å². The number of aryl methyl sites for hydroxylation is 1. The minimum Gasteiger partial charge on any atom is -0.419 e. The van der Waals surface area contributed by atoms with E-state index in [0.717, 1.165) is 34.2 Å². The van der Waals surface area contributed by atoms with Crippen molar-refractivity contribution in [3.05, 3.63) is 65.5 Å². The molecule has 0 saturated heterocycles. The number of rotatable bonds is 6. The molecule has 7 heteroatoms. The van der Waals surface area contributed by atoms with Crippen molar-refractivity contribution in [2.24, 2.45) is 0 Å². The molecule has 2 heterocycles. The maximum Gasteiger partial charge on any atom is 0.247 e. The van der Waals surface area contributed by atoms with Gasteiger partial charge in [-0.1, -0.05) is 74.5 Å². The standard InChI is InChI=1S/C25H29N5OS/c1-7-30-21(18-11-13-20(14-12-18)25(4,5)6)26-29-24(30)32-17(3)22-27-28-23(31-22)19-10-8-9-16(2)15-19/h8-15,17H,7H2,1-6H3. The van der Waals surface area contributed by atoms with E-state index in [2.05, 4.69) is 76.9 Å². The molecule has 4 rings (SSSR count). The zero-order valence-electron chi connectivity index (χ0n) is 19.5. The van der Waals surface area contributed by atoms with Crippen LogP contribution in [0.25, 0.3) is 22.8 Å². The van der Waals surface area contributed by atoms with Crippen molar-refractivity contribution in [1.82, 2.24) is 25.0 Å². The van der Waals surface area contributed by atoms with Gasteiger partial charge in [-0.2, -0.15) is 0 Å². The number of hydrogen-bond acceptors (Lipinski definition) is 6. The molecule has 0 aliphatic heterocycles. The Morgan fingerprint density at radius 3 is 2.38 bits per heavy atom. The van der Waals surface area contributed by atoms with E-state index in [0.29, 0.717) is 11.8 Å². The van der Waals surface area contributed by atoms with Gasteiger partial charge in [-0.15, -0.1) is 20.4 Å². The van der Waals surface area contributed by atoms with Crippen LogP contribution in [0.15, 0.2) is 58.1 Å². The van der Waals surface area contributed by atoms with Crippen molar-refractivity contribution in [1.29, 1.82) is 0 Å². The molecule has 2 aromatic heterocycles. The van der Waals surface area contributed by atoms with E-state index in [-0.39, 0.29) is 10.7 Å². The first-order valence-corrected chi connectivity index (χ1v) is 11.8. The van der Waals surface area contributed by atoms with Gasteiger partial charge in [-0.25, -0.2) is 0 Å². The molecule has 0 aliphatic rings. The topological polar surface area (TPSA) is 69.6 Å². The molecular formula is C25H29N5OS. The van der Waals surface area contributed by atoms with Crippen LogP contribution in [0.5, 0.6) is 0 Å². The molecule has 32 heavy (non-hydrogen) atoms. The van der Waals surface area contributed by atoms with Gasteiger partial charge in [0, 0.05) is 17.7 Å². The van der Waals surface area contributed by atoms with E-state index in [1.54, 1.807) is 11.8 Å². The van der Waals surface area contributed by atoms with Crippen molar-refractivity contribution in [2.75, 3.05) is 0 Å². The number of hydrogen-bond donors (Lipinski definition) is 0. The highest BCUT2D eigenvalue weighted by atomic mass is 32.2. The van der Waals surface area contributed by atoms with E-state index < -0.39 is 0 Å². The van der Waals surface area contributed by atoms with E-state index in [1.807, 2.05) is 38.1 Å². The number of nitrogens with zero attached hydrogens (tertiary/aromatic N) is 5. The van der Waals surface area contributed by atoms with Crippen LogP contribution < -0.4 is 0 Å². The molecule has 4 aromatic rings. The highest BCUT2D eigenvalue weighted by molar-refractivity contribution is 7.99. The summed E-state index contributed by atoms with van der Waals surface area (Å²) in [5, 5.41) is 18.3. The predicted octanol–water partition coefficient (Wildman–Crippen LogP) is 6.47. The fraction of sp³-hybridized carbons (Fsp3) is 0.360. The van der Waals surface area contributed by atoms with Gasteiger partial charge >= 0.3 is 0 Å². The average Bonchev–Trinajstić information content (AvgIpc) is 3.40. The summed E-state index contributed by atoms with van der Waals surface area (Å²) < 4.78 is 8.10. The lowest BCUT2D eigenvalue weighted by atomic mass is 9.87.